The summed E-state index contributed by atoms with van der Waals surface area (Å²) >= 11 is 0. The van der Waals surface area contributed by atoms with Crippen LogP contribution >= 0.6 is 0 Å². The van der Waals surface area contributed by atoms with E-state index in [-0.39, 0.29) is 42.6 Å². The lowest BCUT2D eigenvalue weighted by Gasteiger charge is -2.03. The van der Waals surface area contributed by atoms with Crippen LogP contribution in [0.25, 0.3) is 0 Å². The van der Waals surface area contributed by atoms with E-state index in [1.807, 2.05) is 41.5 Å². The number of aliphatic hydroxyl groups excluding tert-OH is 1. The van der Waals surface area contributed by atoms with Gasteiger partial charge in [-0.3, -0.25) is 4.79 Å². The van der Waals surface area contributed by atoms with Crippen molar-refractivity contribution in [1.82, 2.24) is 0 Å². The molecular formula is C18H43O3+. The summed E-state index contributed by atoms with van der Waals surface area (Å²) in [5.74, 6) is 1.07. The average Bonchev–Trinajstić information content (AvgIpc) is 2.18. The summed E-state index contributed by atoms with van der Waals surface area (Å²) in [6.07, 6.45) is 0. The maximum atomic E-state index is 10.1. The van der Waals surface area contributed by atoms with Gasteiger partial charge in [0.15, 0.2) is 0 Å². The summed E-state index contributed by atoms with van der Waals surface area (Å²) in [6, 6.07) is 0. The maximum absolute atomic E-state index is 10.1. The first-order valence-electron chi connectivity index (χ1n) is 6.08. The minimum absolute atomic E-state index is 0. The van der Waals surface area contributed by atoms with Crippen molar-refractivity contribution in [2.24, 2.45) is 5.92 Å². The van der Waals surface area contributed by atoms with Crippen LogP contribution in [0, 0.1) is 5.92 Å². The van der Waals surface area contributed by atoms with Crippen LogP contribution < -0.4 is 5.11 Å². The van der Waals surface area contributed by atoms with Crippen molar-refractivity contribution in [2.45, 2.75) is 84.6 Å². The number of carbonyl (C=O) groups excluding carboxylic acids is 1. The van der Waals surface area contributed by atoms with Crippen LogP contribution in [0.3, 0.4) is 0 Å². The van der Waals surface area contributed by atoms with Crippen LogP contribution in [0.4, 0.5) is 0 Å². The summed E-state index contributed by atoms with van der Waals surface area (Å²) in [5.41, 5.74) is 1.85. The van der Waals surface area contributed by atoms with Gasteiger partial charge >= 0.3 is 2.85 Å². The van der Waals surface area contributed by atoms with Gasteiger partial charge in [-0.05, 0) is 47.1 Å². The molecule has 0 aliphatic carbocycles. The first kappa shape index (κ1) is 36.7. The number of Topliss-reactive ketones (excluding diaryl/α,β-unsaturated/α-hetero) is 1. The van der Waals surface area contributed by atoms with Crippen LogP contribution in [0.2, 0.25) is 0 Å². The van der Waals surface area contributed by atoms with E-state index in [9.17, 15) is 9.90 Å². The third-order valence-electron chi connectivity index (χ3n) is 2.24. The highest BCUT2D eigenvalue weighted by Crippen LogP contribution is 1.93. The Morgan fingerprint density at radius 2 is 1.00 bits per heavy atom. The number of ketones is 1. The van der Waals surface area contributed by atoms with E-state index in [4.69, 9.17) is 5.11 Å². The Balaban J connectivity index is -0.0000000221. The zero-order chi connectivity index (χ0) is 15.5. The lowest BCUT2D eigenvalue weighted by atomic mass is 10.1. The van der Waals surface area contributed by atoms with E-state index < -0.39 is 0 Å². The highest BCUT2D eigenvalue weighted by Gasteiger charge is 1.95. The molecule has 0 aromatic carbocycles. The molecule has 0 aromatic heterocycles. The molecule has 0 spiro atoms. The van der Waals surface area contributed by atoms with Crippen LogP contribution in [0.15, 0.2) is 22.7 Å². The fraction of sp³-hybridized carbons (Fsp3) is 0.722. The molecule has 1 N–H and O–H groups in total. The standard InChI is InChI=1S/3C5H10O.3CH4/c3*1-4(2)5(3)6;;;/h2*6H,1-3H3;4H,1-3H3;3*1H4/p+1. The first-order chi connectivity index (χ1) is 7.93. The fourth-order valence-corrected chi connectivity index (χ4v) is 0. The van der Waals surface area contributed by atoms with Crippen molar-refractivity contribution in [2.75, 3.05) is 0 Å². The topological polar surface area (TPSA) is 60.4 Å². The van der Waals surface area contributed by atoms with Gasteiger partial charge < -0.3 is 10.2 Å². The second kappa shape index (κ2) is 21.1. The molecule has 0 aromatic rings. The van der Waals surface area contributed by atoms with Crippen molar-refractivity contribution < 1.29 is 17.9 Å². The van der Waals surface area contributed by atoms with Gasteiger partial charge in [-0.15, -0.1) is 5.76 Å². The molecule has 132 valence electrons. The number of rotatable bonds is 1. The normalized spacial score (nSPS) is 7.14. The fourth-order valence-electron chi connectivity index (χ4n) is 0. The summed E-state index contributed by atoms with van der Waals surface area (Å²) in [4.78, 5) is 10.1. The molecule has 3 heteroatoms. The predicted molar refractivity (Wildman–Crippen MR) is 98.7 cm³/mol. The molecule has 0 fully saturated rings. The summed E-state index contributed by atoms with van der Waals surface area (Å²) in [7, 11) is 0. The molecule has 3 nitrogen and oxygen atoms in total. The molecule has 0 aliphatic rings. The van der Waals surface area contributed by atoms with E-state index in [1.54, 1.807) is 20.8 Å². The van der Waals surface area contributed by atoms with Gasteiger partial charge in [-0.2, -0.15) is 0 Å². The number of aliphatic hydroxyl groups is 1. The van der Waals surface area contributed by atoms with Crippen molar-refractivity contribution in [1.29, 1.82) is 0 Å². The van der Waals surface area contributed by atoms with Gasteiger partial charge in [0.2, 0.25) is 0 Å². The molecule has 0 saturated carbocycles. The minimum atomic E-state index is 0. The monoisotopic (exact) mass is 307 g/mol. The zero-order valence-electron chi connectivity index (χ0n) is 15.3. The lowest BCUT2D eigenvalue weighted by Crippen LogP contribution is -1.98. The molecule has 0 rings (SSSR count). The van der Waals surface area contributed by atoms with E-state index in [0.29, 0.717) is 5.76 Å². The molecule has 0 atom stereocenters. The molecule has 0 bridgehead atoms. The number of carbonyl (C=O) groups is 1. The molecule has 0 aliphatic heterocycles. The Kier molecular flexibility index (Phi) is 36.8. The van der Waals surface area contributed by atoms with E-state index in [1.165, 1.54) is 0 Å². The van der Waals surface area contributed by atoms with Crippen molar-refractivity contribution >= 4 is 5.78 Å². The average molecular weight is 308 g/mol. The lowest BCUT2D eigenvalue weighted by molar-refractivity contribution is -0.303. The van der Waals surface area contributed by atoms with Gasteiger partial charge in [0.25, 0.3) is 0 Å². The smallest absolute Gasteiger partial charge is 0.876 e. The van der Waals surface area contributed by atoms with Crippen LogP contribution in [0.5, 0.6) is 0 Å². The largest absolute Gasteiger partial charge is 1.00 e. The van der Waals surface area contributed by atoms with Crippen molar-refractivity contribution in [3.63, 3.8) is 0 Å². The first-order valence-corrected chi connectivity index (χ1v) is 6.08. The van der Waals surface area contributed by atoms with Gasteiger partial charge in [0.05, 0.1) is 5.76 Å². The highest BCUT2D eigenvalue weighted by molar-refractivity contribution is 5.77. The third kappa shape index (κ3) is 45.5. The summed E-state index contributed by atoms with van der Waals surface area (Å²) in [6.45, 7) is 16.0. The molecule has 0 saturated heterocycles. The Bertz CT molecular complexity index is 249. The van der Waals surface area contributed by atoms with Crippen LogP contribution in [0.1, 0.15) is 87.4 Å². The van der Waals surface area contributed by atoms with Crippen LogP contribution in [-0.4, -0.2) is 10.9 Å². The SMILES string of the molecule is C.C.C.CC(=O)C(C)C.CC(C)=C(C)O.CC(C)=C(C)[O-].[H+].[H+]. The summed E-state index contributed by atoms with van der Waals surface area (Å²) in [5, 5.41) is 18.6. The second-order valence-electron chi connectivity index (χ2n) is 4.91. The molecular weight excluding hydrogens is 264 g/mol. The van der Waals surface area contributed by atoms with Crippen LogP contribution in [-0.2, 0) is 4.79 Å². The quantitative estimate of drug-likeness (QED) is 0.615. The number of allylic oxidation sites excluding steroid dienone is 4. The van der Waals surface area contributed by atoms with Gasteiger partial charge in [-0.25, -0.2) is 0 Å². The second-order valence-corrected chi connectivity index (χ2v) is 4.91. The van der Waals surface area contributed by atoms with E-state index in [0.717, 1.165) is 11.1 Å². The molecule has 0 amide bonds. The van der Waals surface area contributed by atoms with Gasteiger partial charge in [0, 0.05) is 5.92 Å². The minimum Gasteiger partial charge on any atom is -0.876 e. The number of hydrogen-bond donors (Lipinski definition) is 1. The molecule has 0 heterocycles. The summed E-state index contributed by atoms with van der Waals surface area (Å²) < 4.78 is 0. The Morgan fingerprint density at radius 1 is 0.857 bits per heavy atom. The highest BCUT2D eigenvalue weighted by atomic mass is 16.3. The van der Waals surface area contributed by atoms with Crippen molar-refractivity contribution in [3.8, 4) is 0 Å². The Morgan fingerprint density at radius 3 is 1.00 bits per heavy atom. The third-order valence-corrected chi connectivity index (χ3v) is 2.24. The number of hydrogen-bond acceptors (Lipinski definition) is 3. The zero-order valence-corrected chi connectivity index (χ0v) is 13.3. The molecule has 0 unspecified atom stereocenters. The Hall–Kier alpha value is -1.25. The van der Waals surface area contributed by atoms with Gasteiger partial charge in [0.1, 0.15) is 5.78 Å². The maximum Gasteiger partial charge on any atom is 1.00 e. The van der Waals surface area contributed by atoms with E-state index in [2.05, 4.69) is 0 Å². The Labute approximate surface area is 137 Å². The van der Waals surface area contributed by atoms with E-state index >= 15 is 0 Å². The molecule has 0 radical (unpaired) electrons. The van der Waals surface area contributed by atoms with Crippen molar-refractivity contribution in [3.05, 3.63) is 22.7 Å². The predicted octanol–water partition coefficient (Wildman–Crippen LogP) is 5.88. The van der Waals surface area contributed by atoms with Gasteiger partial charge in [-0.1, -0.05) is 48.6 Å². The molecule has 21 heavy (non-hydrogen) atoms.